The van der Waals surface area contributed by atoms with Crippen LogP contribution in [0.1, 0.15) is 4.88 Å². The second-order valence-corrected chi connectivity index (χ2v) is 7.38. The molecule has 16 heavy (non-hydrogen) atoms. The van der Waals surface area contributed by atoms with Gasteiger partial charge in [0, 0.05) is 15.0 Å². The molecule has 1 aromatic carbocycles. The van der Waals surface area contributed by atoms with Crippen molar-refractivity contribution in [3.63, 3.8) is 0 Å². The number of hydrogen-bond donors (Lipinski definition) is 1. The molecule has 0 bridgehead atoms. The van der Waals surface area contributed by atoms with Gasteiger partial charge in [0.15, 0.2) is 0 Å². The van der Waals surface area contributed by atoms with Crippen LogP contribution in [0, 0.1) is 3.57 Å². The van der Waals surface area contributed by atoms with Gasteiger partial charge in [-0.1, -0.05) is 11.6 Å². The third-order valence-electron chi connectivity index (χ3n) is 2.01. The van der Waals surface area contributed by atoms with Gasteiger partial charge in [-0.25, -0.2) is 0 Å². The average Bonchev–Trinajstić information content (AvgIpc) is 2.63. The lowest BCUT2D eigenvalue weighted by molar-refractivity contribution is 1.19. The molecular formula is C11H8BrClINS. The Morgan fingerprint density at radius 1 is 1.31 bits per heavy atom. The first-order valence-electron chi connectivity index (χ1n) is 4.58. The van der Waals surface area contributed by atoms with E-state index in [9.17, 15) is 0 Å². The van der Waals surface area contributed by atoms with Crippen molar-refractivity contribution in [2.24, 2.45) is 0 Å². The van der Waals surface area contributed by atoms with Gasteiger partial charge in [-0.15, -0.1) is 11.3 Å². The Morgan fingerprint density at radius 3 is 2.75 bits per heavy atom. The summed E-state index contributed by atoms with van der Waals surface area (Å²) in [4.78, 5) is 1.28. The molecule has 0 spiro atoms. The zero-order valence-corrected chi connectivity index (χ0v) is 13.5. The van der Waals surface area contributed by atoms with Gasteiger partial charge in [-0.3, -0.25) is 0 Å². The van der Waals surface area contributed by atoms with Crippen molar-refractivity contribution in [1.29, 1.82) is 0 Å². The minimum Gasteiger partial charge on any atom is -0.379 e. The van der Waals surface area contributed by atoms with E-state index in [-0.39, 0.29) is 0 Å². The molecule has 1 heterocycles. The number of nitrogens with one attached hydrogen (secondary N) is 1. The molecule has 0 aliphatic rings. The van der Waals surface area contributed by atoms with E-state index in [1.54, 1.807) is 11.3 Å². The van der Waals surface area contributed by atoms with Crippen LogP contribution in [0.15, 0.2) is 34.1 Å². The Kier molecular flexibility index (Phi) is 4.52. The lowest BCUT2D eigenvalue weighted by Gasteiger charge is -2.07. The maximum Gasteiger partial charge on any atom is 0.0702 e. The highest BCUT2D eigenvalue weighted by atomic mass is 127. The lowest BCUT2D eigenvalue weighted by atomic mass is 10.3. The van der Waals surface area contributed by atoms with Crippen LogP contribution in [0.5, 0.6) is 0 Å². The molecule has 0 saturated carbocycles. The summed E-state index contributed by atoms with van der Waals surface area (Å²) in [6.07, 6.45) is 0. The highest BCUT2D eigenvalue weighted by Crippen LogP contribution is 2.26. The van der Waals surface area contributed by atoms with E-state index in [1.807, 2.05) is 18.2 Å². The lowest BCUT2D eigenvalue weighted by Crippen LogP contribution is -1.97. The van der Waals surface area contributed by atoms with Gasteiger partial charge in [-0.05, 0) is 68.9 Å². The van der Waals surface area contributed by atoms with Crippen molar-refractivity contribution < 1.29 is 0 Å². The van der Waals surface area contributed by atoms with Crippen LogP contribution in [-0.2, 0) is 6.54 Å². The van der Waals surface area contributed by atoms with Crippen LogP contribution < -0.4 is 5.32 Å². The van der Waals surface area contributed by atoms with E-state index in [4.69, 9.17) is 11.6 Å². The molecule has 0 saturated heterocycles. The van der Waals surface area contributed by atoms with E-state index in [0.717, 1.165) is 24.6 Å². The summed E-state index contributed by atoms with van der Waals surface area (Å²) in [5, 5.41) is 4.09. The minimum atomic E-state index is 0.766. The summed E-state index contributed by atoms with van der Waals surface area (Å²) in [7, 11) is 0. The van der Waals surface area contributed by atoms with Crippen LogP contribution in [0.2, 0.25) is 5.02 Å². The molecule has 5 heteroatoms. The molecule has 2 rings (SSSR count). The molecule has 84 valence electrons. The summed E-state index contributed by atoms with van der Waals surface area (Å²) >= 11 is 13.5. The zero-order valence-electron chi connectivity index (χ0n) is 8.14. The zero-order chi connectivity index (χ0) is 11.5. The fourth-order valence-electron chi connectivity index (χ4n) is 1.26. The van der Waals surface area contributed by atoms with E-state index < -0.39 is 0 Å². The van der Waals surface area contributed by atoms with E-state index in [2.05, 4.69) is 56.0 Å². The van der Waals surface area contributed by atoms with E-state index in [1.165, 1.54) is 4.88 Å². The second-order valence-electron chi connectivity index (χ2n) is 3.18. The molecule has 2 aromatic rings. The van der Waals surface area contributed by atoms with Crippen LogP contribution in [0.25, 0.3) is 0 Å². The molecule has 0 aliphatic heterocycles. The predicted octanol–water partition coefficient (Wildman–Crippen LogP) is 5.38. The smallest absolute Gasteiger partial charge is 0.0702 e. The number of hydrogen-bond acceptors (Lipinski definition) is 2. The number of rotatable bonds is 3. The molecule has 1 aromatic heterocycles. The summed E-state index contributed by atoms with van der Waals surface area (Å²) in [6, 6.07) is 10.2. The van der Waals surface area contributed by atoms with Crippen molar-refractivity contribution in [2.45, 2.75) is 6.54 Å². The molecule has 1 nitrogen and oxygen atoms in total. The monoisotopic (exact) mass is 427 g/mol. The number of halogens is 3. The molecule has 0 radical (unpaired) electrons. The van der Waals surface area contributed by atoms with Crippen LogP contribution >= 0.6 is 61.5 Å². The second kappa shape index (κ2) is 5.71. The molecule has 0 aliphatic carbocycles. The number of thiophene rings is 1. The van der Waals surface area contributed by atoms with Crippen molar-refractivity contribution >= 4 is 67.1 Å². The first-order valence-corrected chi connectivity index (χ1v) is 7.65. The third-order valence-corrected chi connectivity index (χ3v) is 4.62. The average molecular weight is 429 g/mol. The van der Waals surface area contributed by atoms with Gasteiger partial charge < -0.3 is 5.32 Å². The van der Waals surface area contributed by atoms with Gasteiger partial charge in [-0.2, -0.15) is 0 Å². The summed E-state index contributed by atoms with van der Waals surface area (Å²) in [6.45, 7) is 0.802. The van der Waals surface area contributed by atoms with Crippen LogP contribution in [0.3, 0.4) is 0 Å². The largest absolute Gasteiger partial charge is 0.379 e. The topological polar surface area (TPSA) is 12.0 Å². The van der Waals surface area contributed by atoms with Crippen molar-refractivity contribution in [3.05, 3.63) is 47.6 Å². The van der Waals surface area contributed by atoms with Gasteiger partial charge in [0.25, 0.3) is 0 Å². The Labute approximate surface area is 125 Å². The molecule has 0 atom stereocenters. The Bertz CT molecular complexity index is 500. The summed E-state index contributed by atoms with van der Waals surface area (Å²) in [5.74, 6) is 0. The first kappa shape index (κ1) is 12.7. The molecule has 0 unspecified atom stereocenters. The standard InChI is InChI=1S/C11H8BrClINS/c12-11-4-2-8(16-11)6-15-10-3-1-7(14)5-9(10)13/h1-5,15H,6H2. The number of benzene rings is 1. The Hall–Kier alpha value is 0.220. The highest BCUT2D eigenvalue weighted by Gasteiger charge is 2.02. The summed E-state index contributed by atoms with van der Waals surface area (Å²) < 4.78 is 2.30. The molecule has 1 N–H and O–H groups in total. The quantitative estimate of drug-likeness (QED) is 0.647. The summed E-state index contributed by atoms with van der Waals surface area (Å²) in [5.41, 5.74) is 0.978. The fraction of sp³-hybridized carbons (Fsp3) is 0.0909. The van der Waals surface area contributed by atoms with Gasteiger partial charge >= 0.3 is 0 Å². The van der Waals surface area contributed by atoms with Gasteiger partial charge in [0.2, 0.25) is 0 Å². The van der Waals surface area contributed by atoms with Crippen molar-refractivity contribution in [2.75, 3.05) is 5.32 Å². The Balaban J connectivity index is 2.04. The normalized spacial score (nSPS) is 10.4. The van der Waals surface area contributed by atoms with Gasteiger partial charge in [0.05, 0.1) is 14.5 Å². The third kappa shape index (κ3) is 3.35. The molecular weight excluding hydrogens is 420 g/mol. The van der Waals surface area contributed by atoms with Crippen molar-refractivity contribution in [1.82, 2.24) is 0 Å². The number of anilines is 1. The van der Waals surface area contributed by atoms with E-state index in [0.29, 0.717) is 0 Å². The molecule has 0 amide bonds. The minimum absolute atomic E-state index is 0.766. The van der Waals surface area contributed by atoms with E-state index >= 15 is 0 Å². The van der Waals surface area contributed by atoms with Crippen LogP contribution in [-0.4, -0.2) is 0 Å². The van der Waals surface area contributed by atoms with Gasteiger partial charge in [0.1, 0.15) is 0 Å². The first-order chi connectivity index (χ1) is 7.65. The van der Waals surface area contributed by atoms with Crippen molar-refractivity contribution in [3.8, 4) is 0 Å². The maximum absolute atomic E-state index is 6.13. The molecule has 0 fully saturated rings. The predicted molar refractivity (Wildman–Crippen MR) is 83.5 cm³/mol. The SMILES string of the molecule is Clc1cc(I)ccc1NCc1ccc(Br)s1. The fourth-order valence-corrected chi connectivity index (χ4v) is 3.61. The maximum atomic E-state index is 6.13. The van der Waals surface area contributed by atoms with Crippen LogP contribution in [0.4, 0.5) is 5.69 Å². The Morgan fingerprint density at radius 2 is 2.12 bits per heavy atom. The highest BCUT2D eigenvalue weighted by molar-refractivity contribution is 14.1.